The van der Waals surface area contributed by atoms with Crippen LogP contribution in [-0.4, -0.2) is 28.5 Å². The van der Waals surface area contributed by atoms with Crippen LogP contribution < -0.4 is 5.32 Å². The number of alkyl halides is 3. The average Bonchev–Trinajstić information content (AvgIpc) is 3.24. The average molecular weight is 491 g/mol. The Bertz CT molecular complexity index is 1170. The quantitative estimate of drug-likeness (QED) is 0.434. The molecular weight excluding hydrogens is 465 g/mol. The molecule has 1 atom stereocenters. The Morgan fingerprint density at radius 2 is 2.06 bits per heavy atom. The summed E-state index contributed by atoms with van der Waals surface area (Å²) in [7, 11) is 0. The maximum Gasteiger partial charge on any atom is 0.416 e. The van der Waals surface area contributed by atoms with Crippen molar-refractivity contribution in [1.82, 2.24) is 4.90 Å². The number of thiophene rings is 1. The molecule has 2 amide bonds. The number of fused-ring (bicyclic) bond motifs is 1. The molecule has 0 unspecified atom stereocenters. The van der Waals surface area contributed by atoms with Gasteiger partial charge in [0.05, 0.1) is 17.2 Å². The second-order valence-corrected chi connectivity index (χ2v) is 9.83. The molecule has 0 spiro atoms. The minimum Gasteiger partial charge on any atom is -0.326 e. The van der Waals surface area contributed by atoms with E-state index < -0.39 is 23.7 Å². The van der Waals surface area contributed by atoms with E-state index in [1.807, 2.05) is 0 Å². The first-order chi connectivity index (χ1) is 16.0. The number of anilines is 1. The van der Waals surface area contributed by atoms with E-state index in [0.717, 1.165) is 34.9 Å². The van der Waals surface area contributed by atoms with E-state index in [2.05, 4.69) is 11.9 Å². The van der Waals surface area contributed by atoms with Crippen molar-refractivity contribution in [2.24, 2.45) is 0 Å². The highest BCUT2D eigenvalue weighted by Crippen LogP contribution is 2.36. The van der Waals surface area contributed by atoms with Gasteiger partial charge in [-0.1, -0.05) is 18.2 Å². The van der Waals surface area contributed by atoms with Crippen molar-refractivity contribution in [3.63, 3.8) is 0 Å². The predicted octanol–water partition coefficient (Wildman–Crippen LogP) is 5.67. The summed E-state index contributed by atoms with van der Waals surface area (Å²) < 4.78 is 39.4. The highest BCUT2D eigenvalue weighted by Gasteiger charge is 2.38. The van der Waals surface area contributed by atoms with Crippen molar-refractivity contribution in [1.29, 1.82) is 0 Å². The molecule has 2 heterocycles. The van der Waals surface area contributed by atoms with E-state index in [0.29, 0.717) is 31.4 Å². The van der Waals surface area contributed by atoms with Crippen LogP contribution in [0.5, 0.6) is 0 Å². The molecule has 5 nitrogen and oxygen atoms in total. The fourth-order valence-electron chi connectivity index (χ4n) is 4.58. The van der Waals surface area contributed by atoms with Crippen molar-refractivity contribution >= 4 is 34.6 Å². The molecule has 1 aromatic heterocycles. The van der Waals surface area contributed by atoms with E-state index in [1.165, 1.54) is 30.4 Å². The van der Waals surface area contributed by atoms with Gasteiger partial charge in [0.2, 0.25) is 5.91 Å². The Morgan fingerprint density at radius 3 is 2.79 bits per heavy atom. The van der Waals surface area contributed by atoms with Crippen LogP contribution in [-0.2, 0) is 28.7 Å². The van der Waals surface area contributed by atoms with Gasteiger partial charge in [0.1, 0.15) is 0 Å². The molecule has 1 saturated carbocycles. The molecule has 1 fully saturated rings. The summed E-state index contributed by atoms with van der Waals surface area (Å²) in [6.07, 6.45) is -1.55. The predicted molar refractivity (Wildman–Crippen MR) is 124 cm³/mol. The van der Waals surface area contributed by atoms with E-state index in [-0.39, 0.29) is 29.4 Å². The summed E-state index contributed by atoms with van der Waals surface area (Å²) in [6.45, 7) is 5.63. The third kappa shape index (κ3) is 4.94. The minimum atomic E-state index is -4.49. The molecule has 34 heavy (non-hydrogen) atoms. The number of rotatable bonds is 5. The van der Waals surface area contributed by atoms with Crippen LogP contribution in [0.1, 0.15) is 64.0 Å². The number of hydrogen-bond acceptors (Lipinski definition) is 4. The molecule has 0 saturated heterocycles. The standard InChI is InChI=1S/C25H25F3N2O3S/c1-14-4-3-5-20(21(31)10-14)30-12-17-18(24(30)33)13-34-22(17)8-9-23(32)29-16-7-6-15(2)19(11-16)25(26,27)28/h6-7,11,13,20H,1,3-5,8-10,12H2,2H3,(H,29,32)/t20-/m0/s1. The summed E-state index contributed by atoms with van der Waals surface area (Å²) >= 11 is 1.39. The van der Waals surface area contributed by atoms with Crippen molar-refractivity contribution in [3.8, 4) is 0 Å². The molecule has 4 rings (SSSR count). The van der Waals surface area contributed by atoms with Crippen molar-refractivity contribution in [2.45, 2.75) is 64.2 Å². The van der Waals surface area contributed by atoms with Crippen molar-refractivity contribution in [3.05, 3.63) is 62.9 Å². The molecule has 0 bridgehead atoms. The summed E-state index contributed by atoms with van der Waals surface area (Å²) in [5, 5.41) is 4.30. The fourth-order valence-corrected chi connectivity index (χ4v) is 5.62. The van der Waals surface area contributed by atoms with Crippen LogP contribution >= 0.6 is 11.3 Å². The van der Waals surface area contributed by atoms with Gasteiger partial charge in [-0.3, -0.25) is 14.4 Å². The van der Waals surface area contributed by atoms with Crippen LogP contribution in [0.15, 0.2) is 35.7 Å². The zero-order valence-electron chi connectivity index (χ0n) is 18.8. The molecule has 2 aliphatic rings. The van der Waals surface area contributed by atoms with Crippen LogP contribution in [0.3, 0.4) is 0 Å². The van der Waals surface area contributed by atoms with Gasteiger partial charge >= 0.3 is 6.18 Å². The number of hydrogen-bond donors (Lipinski definition) is 1. The number of amides is 2. The van der Waals surface area contributed by atoms with Crippen LogP contribution in [0.4, 0.5) is 18.9 Å². The maximum atomic E-state index is 13.1. The minimum absolute atomic E-state index is 0.0157. The summed E-state index contributed by atoms with van der Waals surface area (Å²) in [5.74, 6) is -0.549. The first-order valence-electron chi connectivity index (χ1n) is 11.1. The number of nitrogens with zero attached hydrogens (tertiary/aromatic N) is 1. The van der Waals surface area contributed by atoms with E-state index in [1.54, 1.807) is 10.3 Å². The normalized spacial score (nSPS) is 18.8. The number of allylic oxidation sites excluding steroid dienone is 1. The summed E-state index contributed by atoms with van der Waals surface area (Å²) in [4.78, 5) is 40.5. The Hall–Kier alpha value is -2.94. The summed E-state index contributed by atoms with van der Waals surface area (Å²) in [5.41, 5.74) is 1.71. The number of nitrogens with one attached hydrogen (secondary N) is 1. The molecule has 180 valence electrons. The van der Waals surface area contributed by atoms with Gasteiger partial charge in [0, 0.05) is 35.3 Å². The fraction of sp³-hybridized carbons (Fsp3) is 0.400. The zero-order valence-corrected chi connectivity index (χ0v) is 19.6. The highest BCUT2D eigenvalue weighted by atomic mass is 32.1. The van der Waals surface area contributed by atoms with Gasteiger partial charge in [-0.15, -0.1) is 11.3 Å². The van der Waals surface area contributed by atoms with Gasteiger partial charge in [0.15, 0.2) is 5.78 Å². The molecular formula is C25H25F3N2O3S. The second kappa shape index (κ2) is 9.37. The molecule has 2 aromatic rings. The SMILES string of the molecule is C=C1CCC[C@H](N2Cc3c(csc3CCC(=O)Nc3ccc(C)c(C(F)(F)F)c3)C2=O)C(=O)C1. The van der Waals surface area contributed by atoms with E-state index in [4.69, 9.17) is 0 Å². The molecule has 0 radical (unpaired) electrons. The van der Waals surface area contributed by atoms with Gasteiger partial charge in [-0.05, 0) is 55.9 Å². The Morgan fingerprint density at radius 1 is 1.29 bits per heavy atom. The van der Waals surface area contributed by atoms with Crippen LogP contribution in [0.2, 0.25) is 0 Å². The van der Waals surface area contributed by atoms with Crippen LogP contribution in [0, 0.1) is 6.92 Å². The monoisotopic (exact) mass is 490 g/mol. The van der Waals surface area contributed by atoms with Crippen molar-refractivity contribution < 1.29 is 27.6 Å². The molecule has 1 aliphatic carbocycles. The zero-order chi connectivity index (χ0) is 24.6. The number of Topliss-reactive ketones (excluding diaryl/α,β-unsaturated/α-hetero) is 1. The topological polar surface area (TPSA) is 66.5 Å². The number of carbonyl (C=O) groups is 3. The lowest BCUT2D eigenvalue weighted by atomic mass is 10.1. The smallest absolute Gasteiger partial charge is 0.326 e. The van der Waals surface area contributed by atoms with E-state index in [9.17, 15) is 27.6 Å². The summed E-state index contributed by atoms with van der Waals surface area (Å²) in [6, 6.07) is 3.25. The number of ketones is 1. The number of carbonyl (C=O) groups excluding carboxylic acids is 3. The molecule has 1 N–H and O–H groups in total. The molecule has 1 aliphatic heterocycles. The highest BCUT2D eigenvalue weighted by molar-refractivity contribution is 7.10. The number of aryl methyl sites for hydroxylation is 2. The first-order valence-corrected chi connectivity index (χ1v) is 12.0. The molecule has 1 aromatic carbocycles. The van der Waals surface area contributed by atoms with Gasteiger partial charge in [-0.25, -0.2) is 0 Å². The lowest BCUT2D eigenvalue weighted by Crippen LogP contribution is -2.40. The lowest BCUT2D eigenvalue weighted by Gasteiger charge is -2.25. The number of benzene rings is 1. The third-order valence-electron chi connectivity index (χ3n) is 6.39. The van der Waals surface area contributed by atoms with Gasteiger partial charge in [-0.2, -0.15) is 13.2 Å². The van der Waals surface area contributed by atoms with Crippen molar-refractivity contribution in [2.75, 3.05) is 5.32 Å². The Kier molecular flexibility index (Phi) is 6.66. The van der Waals surface area contributed by atoms with E-state index >= 15 is 0 Å². The third-order valence-corrected chi connectivity index (χ3v) is 7.47. The Balaban J connectivity index is 1.40. The largest absolute Gasteiger partial charge is 0.416 e. The molecule has 9 heteroatoms. The van der Waals surface area contributed by atoms with Crippen LogP contribution in [0.25, 0.3) is 0 Å². The lowest BCUT2D eigenvalue weighted by molar-refractivity contribution is -0.138. The number of halogens is 3. The van der Waals surface area contributed by atoms with Gasteiger partial charge < -0.3 is 10.2 Å². The first kappa shape index (κ1) is 24.2. The Labute approximate surface area is 199 Å². The maximum absolute atomic E-state index is 13.1. The van der Waals surface area contributed by atoms with Gasteiger partial charge in [0.25, 0.3) is 5.91 Å². The second-order valence-electron chi connectivity index (χ2n) is 8.86.